The first-order valence-corrected chi connectivity index (χ1v) is 15.4. The minimum atomic E-state index is 0.460. The molecule has 1 aliphatic carbocycles. The summed E-state index contributed by atoms with van der Waals surface area (Å²) >= 11 is 0. The maximum atomic E-state index is 6.19. The fourth-order valence-electron chi connectivity index (χ4n) is 5.07. The standard InChI is InChI=1S/C30H60N2O/c1-2-3-4-5-6-7-8-9-12-15-18-21-24-27-31-32-28-29-33-30-25-22-19-16-13-10-11-14-17-20-23-26-30/h30H,2-29H2,1H3/b32-31+. The quantitative estimate of drug-likeness (QED) is 0.147. The molecule has 0 unspecified atom stereocenters. The third-order valence-electron chi connectivity index (χ3n) is 7.31. The lowest BCUT2D eigenvalue weighted by Gasteiger charge is -2.17. The van der Waals surface area contributed by atoms with Crippen LogP contribution < -0.4 is 0 Å². The minimum Gasteiger partial charge on any atom is -0.376 e. The van der Waals surface area contributed by atoms with Crippen molar-refractivity contribution in [3.63, 3.8) is 0 Å². The average Bonchev–Trinajstić information content (AvgIpc) is 2.85. The highest BCUT2D eigenvalue weighted by Crippen LogP contribution is 2.19. The van der Waals surface area contributed by atoms with E-state index in [2.05, 4.69) is 17.2 Å². The molecule has 0 heterocycles. The van der Waals surface area contributed by atoms with Gasteiger partial charge in [-0.1, -0.05) is 148 Å². The smallest absolute Gasteiger partial charge is 0.0833 e. The molecular weight excluding hydrogens is 404 g/mol. The summed E-state index contributed by atoms with van der Waals surface area (Å²) < 4.78 is 6.19. The molecule has 0 atom stereocenters. The van der Waals surface area contributed by atoms with Crippen LogP contribution in [0.3, 0.4) is 0 Å². The summed E-state index contributed by atoms with van der Waals surface area (Å²) in [6.45, 7) is 4.70. The Kier molecular flexibility index (Phi) is 24.3. The Labute approximate surface area is 208 Å². The topological polar surface area (TPSA) is 34.0 Å². The van der Waals surface area contributed by atoms with Gasteiger partial charge in [0.1, 0.15) is 0 Å². The van der Waals surface area contributed by atoms with Gasteiger partial charge in [0.05, 0.1) is 25.8 Å². The molecule has 196 valence electrons. The third kappa shape index (κ3) is 23.1. The highest BCUT2D eigenvalue weighted by atomic mass is 16.5. The number of nitrogens with zero attached hydrogens (tertiary/aromatic N) is 2. The van der Waals surface area contributed by atoms with Crippen LogP contribution in [0.2, 0.25) is 0 Å². The van der Waals surface area contributed by atoms with Crippen molar-refractivity contribution >= 4 is 0 Å². The fraction of sp³-hybridized carbons (Fsp3) is 1.00. The van der Waals surface area contributed by atoms with Crippen LogP contribution in [0.25, 0.3) is 0 Å². The number of unbranched alkanes of at least 4 members (excludes halogenated alkanes) is 12. The Morgan fingerprint density at radius 2 is 0.879 bits per heavy atom. The second kappa shape index (κ2) is 26.2. The predicted molar refractivity (Wildman–Crippen MR) is 145 cm³/mol. The predicted octanol–water partition coefficient (Wildman–Crippen LogP) is 10.6. The molecule has 1 saturated carbocycles. The first-order chi connectivity index (χ1) is 16.4. The van der Waals surface area contributed by atoms with Crippen LogP contribution in [0.4, 0.5) is 0 Å². The van der Waals surface area contributed by atoms with Crippen LogP contribution in [-0.2, 0) is 4.74 Å². The van der Waals surface area contributed by atoms with E-state index in [1.807, 2.05) is 0 Å². The van der Waals surface area contributed by atoms with Gasteiger partial charge in [0.25, 0.3) is 0 Å². The Morgan fingerprint density at radius 3 is 1.36 bits per heavy atom. The van der Waals surface area contributed by atoms with Crippen molar-refractivity contribution in [3.8, 4) is 0 Å². The minimum absolute atomic E-state index is 0.460. The van der Waals surface area contributed by atoms with Crippen LogP contribution in [0.1, 0.15) is 167 Å². The van der Waals surface area contributed by atoms with Gasteiger partial charge in [0.2, 0.25) is 0 Å². The van der Waals surface area contributed by atoms with E-state index >= 15 is 0 Å². The van der Waals surface area contributed by atoms with Crippen LogP contribution in [0.5, 0.6) is 0 Å². The van der Waals surface area contributed by atoms with Gasteiger partial charge in [-0.25, -0.2) is 0 Å². The van der Waals surface area contributed by atoms with Crippen molar-refractivity contribution in [1.29, 1.82) is 0 Å². The molecule has 1 fully saturated rings. The molecule has 0 radical (unpaired) electrons. The molecule has 0 aromatic carbocycles. The van der Waals surface area contributed by atoms with Crippen molar-refractivity contribution in [1.82, 2.24) is 0 Å². The number of hydrogen-bond donors (Lipinski definition) is 0. The fourth-order valence-corrected chi connectivity index (χ4v) is 5.07. The lowest BCUT2D eigenvalue weighted by atomic mass is 10.0. The second-order valence-corrected chi connectivity index (χ2v) is 10.6. The van der Waals surface area contributed by atoms with Crippen LogP contribution in [-0.4, -0.2) is 25.8 Å². The molecule has 0 aromatic rings. The van der Waals surface area contributed by atoms with Crippen molar-refractivity contribution in [2.45, 2.75) is 174 Å². The number of ether oxygens (including phenoxy) is 1. The largest absolute Gasteiger partial charge is 0.376 e. The molecule has 3 nitrogen and oxygen atoms in total. The highest BCUT2D eigenvalue weighted by molar-refractivity contribution is 4.62. The normalized spacial score (nSPS) is 17.6. The van der Waals surface area contributed by atoms with Crippen molar-refractivity contribution in [2.24, 2.45) is 10.2 Å². The van der Waals surface area contributed by atoms with E-state index in [-0.39, 0.29) is 0 Å². The zero-order valence-electron chi connectivity index (χ0n) is 22.7. The maximum absolute atomic E-state index is 6.19. The van der Waals surface area contributed by atoms with Crippen molar-refractivity contribution in [3.05, 3.63) is 0 Å². The molecular formula is C30H60N2O. The lowest BCUT2D eigenvalue weighted by molar-refractivity contribution is 0.0429. The Hall–Kier alpha value is -0.440. The van der Waals surface area contributed by atoms with E-state index in [9.17, 15) is 0 Å². The SMILES string of the molecule is CCCCCCCCCCCCCCC/N=N/CCOC1CCCCCCCCCCCC1. The molecule has 0 aliphatic heterocycles. The average molecular weight is 465 g/mol. The molecule has 3 heteroatoms. The molecule has 33 heavy (non-hydrogen) atoms. The van der Waals surface area contributed by atoms with E-state index in [0.29, 0.717) is 6.10 Å². The zero-order chi connectivity index (χ0) is 23.5. The number of azo groups is 1. The summed E-state index contributed by atoms with van der Waals surface area (Å²) in [5.41, 5.74) is 0. The lowest BCUT2D eigenvalue weighted by Crippen LogP contribution is -2.15. The van der Waals surface area contributed by atoms with Crippen LogP contribution in [0.15, 0.2) is 10.2 Å². The highest BCUT2D eigenvalue weighted by Gasteiger charge is 2.09. The van der Waals surface area contributed by atoms with Gasteiger partial charge < -0.3 is 4.74 Å². The van der Waals surface area contributed by atoms with Crippen LogP contribution in [0, 0.1) is 0 Å². The Morgan fingerprint density at radius 1 is 0.485 bits per heavy atom. The number of hydrogen-bond acceptors (Lipinski definition) is 3. The molecule has 0 saturated heterocycles. The van der Waals surface area contributed by atoms with E-state index in [1.165, 1.54) is 161 Å². The summed E-state index contributed by atoms with van der Waals surface area (Å²) in [6, 6.07) is 0. The summed E-state index contributed by atoms with van der Waals surface area (Å²) in [4.78, 5) is 0. The number of rotatable bonds is 18. The van der Waals surface area contributed by atoms with E-state index in [4.69, 9.17) is 4.74 Å². The van der Waals surface area contributed by atoms with Gasteiger partial charge in [0, 0.05) is 0 Å². The summed E-state index contributed by atoms with van der Waals surface area (Å²) in [7, 11) is 0. The van der Waals surface area contributed by atoms with E-state index < -0.39 is 0 Å². The first kappa shape index (κ1) is 30.6. The third-order valence-corrected chi connectivity index (χ3v) is 7.31. The van der Waals surface area contributed by atoms with Gasteiger partial charge in [-0.3, -0.25) is 0 Å². The van der Waals surface area contributed by atoms with Gasteiger partial charge >= 0.3 is 0 Å². The van der Waals surface area contributed by atoms with E-state index in [1.54, 1.807) is 0 Å². The summed E-state index contributed by atoms with van der Waals surface area (Å²) in [6.07, 6.45) is 35.2. The second-order valence-electron chi connectivity index (χ2n) is 10.6. The van der Waals surface area contributed by atoms with Crippen molar-refractivity contribution < 1.29 is 4.74 Å². The molecule has 0 bridgehead atoms. The van der Waals surface area contributed by atoms with Gasteiger partial charge in [0.15, 0.2) is 0 Å². The van der Waals surface area contributed by atoms with Gasteiger partial charge in [-0.05, 0) is 19.3 Å². The summed E-state index contributed by atoms with van der Waals surface area (Å²) in [5.74, 6) is 0. The van der Waals surface area contributed by atoms with Gasteiger partial charge in [-0.2, -0.15) is 10.2 Å². The molecule has 0 N–H and O–H groups in total. The molecule has 0 spiro atoms. The Balaban J connectivity index is 1.88. The maximum Gasteiger partial charge on any atom is 0.0833 e. The monoisotopic (exact) mass is 464 g/mol. The zero-order valence-corrected chi connectivity index (χ0v) is 22.7. The molecule has 1 rings (SSSR count). The van der Waals surface area contributed by atoms with E-state index in [0.717, 1.165) is 19.7 Å². The first-order valence-electron chi connectivity index (χ1n) is 15.4. The summed E-state index contributed by atoms with van der Waals surface area (Å²) in [5, 5.41) is 8.75. The Bertz CT molecular complexity index is 385. The molecule has 1 aliphatic rings. The van der Waals surface area contributed by atoms with Crippen molar-refractivity contribution in [2.75, 3.05) is 19.7 Å². The molecule has 0 amide bonds. The molecule has 0 aromatic heterocycles. The van der Waals surface area contributed by atoms with Crippen LogP contribution >= 0.6 is 0 Å². The van der Waals surface area contributed by atoms with Gasteiger partial charge in [-0.15, -0.1) is 0 Å².